The van der Waals surface area contributed by atoms with E-state index in [1.54, 1.807) is 0 Å². The molecule has 1 saturated carbocycles. The van der Waals surface area contributed by atoms with Crippen molar-refractivity contribution in [1.82, 2.24) is 10.2 Å². The van der Waals surface area contributed by atoms with Gasteiger partial charge in [-0.3, -0.25) is 0 Å². The summed E-state index contributed by atoms with van der Waals surface area (Å²) < 4.78 is 0. The van der Waals surface area contributed by atoms with E-state index >= 15 is 0 Å². The fraction of sp³-hybridized carbons (Fsp3) is 1.00. The first-order chi connectivity index (χ1) is 7.84. The molecular weight excluding hydrogens is 218 g/mol. The number of nitrogens with zero attached hydrogens (tertiary/aromatic N) is 1. The molecule has 0 spiro atoms. The van der Waals surface area contributed by atoms with E-state index in [4.69, 9.17) is 5.73 Å². The van der Waals surface area contributed by atoms with E-state index in [1.165, 1.54) is 56.8 Å². The maximum absolute atomic E-state index is 5.99. The van der Waals surface area contributed by atoms with Gasteiger partial charge in [-0.05, 0) is 19.3 Å². The molecule has 2 unspecified atom stereocenters. The van der Waals surface area contributed by atoms with Crippen LogP contribution in [-0.4, -0.2) is 54.7 Å². The predicted molar refractivity (Wildman–Crippen MR) is 72.0 cm³/mol. The van der Waals surface area contributed by atoms with Crippen molar-refractivity contribution in [3.8, 4) is 0 Å². The minimum absolute atomic E-state index is 0.442. The maximum atomic E-state index is 5.99. The normalized spacial score (nSPS) is 32.8. The van der Waals surface area contributed by atoms with E-state index in [1.807, 2.05) is 0 Å². The Bertz CT molecular complexity index is 195. The average molecular weight is 243 g/mol. The molecule has 1 saturated heterocycles. The van der Waals surface area contributed by atoms with Crippen LogP contribution in [0.15, 0.2) is 0 Å². The molecular formula is C12H25N3S. The Kier molecular flexibility index (Phi) is 5.42. The highest BCUT2D eigenvalue weighted by atomic mass is 32.2. The molecule has 0 radical (unpaired) electrons. The first-order valence-electron chi connectivity index (χ1n) is 6.63. The molecule has 94 valence electrons. The number of nitrogens with two attached hydrogens (primary N) is 1. The third-order valence-electron chi connectivity index (χ3n) is 3.68. The summed E-state index contributed by atoms with van der Waals surface area (Å²) in [6.45, 7) is 4.90. The molecule has 0 amide bonds. The molecule has 2 atom stereocenters. The second-order valence-corrected chi connectivity index (χ2v) is 6.26. The van der Waals surface area contributed by atoms with E-state index in [0.717, 1.165) is 6.54 Å². The lowest BCUT2D eigenvalue weighted by Gasteiger charge is -2.30. The third kappa shape index (κ3) is 4.24. The molecule has 0 aromatic heterocycles. The number of nitrogens with one attached hydrogen (secondary N) is 1. The minimum Gasteiger partial charge on any atom is -0.328 e. The van der Waals surface area contributed by atoms with Gasteiger partial charge in [-0.15, -0.1) is 0 Å². The van der Waals surface area contributed by atoms with Crippen LogP contribution < -0.4 is 11.1 Å². The zero-order chi connectivity index (χ0) is 11.2. The van der Waals surface area contributed by atoms with Crippen molar-refractivity contribution in [3.63, 3.8) is 0 Å². The van der Waals surface area contributed by atoms with Gasteiger partial charge in [-0.2, -0.15) is 11.8 Å². The molecule has 0 bridgehead atoms. The maximum Gasteiger partial charge on any atom is 0.0108 e. The fourth-order valence-electron chi connectivity index (χ4n) is 2.66. The van der Waals surface area contributed by atoms with Crippen molar-refractivity contribution < 1.29 is 0 Å². The fourth-order valence-corrected chi connectivity index (χ4v) is 3.64. The summed E-state index contributed by atoms with van der Waals surface area (Å²) >= 11 is 2.08. The SMILES string of the molecule is NC1CCCC(NCCN2CCSCC2)C1. The van der Waals surface area contributed by atoms with Crippen LogP contribution in [0.2, 0.25) is 0 Å². The molecule has 0 aromatic rings. The molecule has 3 N–H and O–H groups in total. The largest absolute Gasteiger partial charge is 0.328 e. The molecule has 16 heavy (non-hydrogen) atoms. The van der Waals surface area contributed by atoms with Crippen LogP contribution in [-0.2, 0) is 0 Å². The van der Waals surface area contributed by atoms with Crippen molar-refractivity contribution in [2.24, 2.45) is 5.73 Å². The van der Waals surface area contributed by atoms with Crippen LogP contribution in [0.4, 0.5) is 0 Å². The Labute approximate surface area is 104 Å². The summed E-state index contributed by atoms with van der Waals surface area (Å²) in [6.07, 6.45) is 5.03. The summed E-state index contributed by atoms with van der Waals surface area (Å²) in [7, 11) is 0. The number of rotatable bonds is 4. The zero-order valence-electron chi connectivity index (χ0n) is 10.2. The van der Waals surface area contributed by atoms with Gasteiger partial charge in [-0.25, -0.2) is 0 Å². The molecule has 2 rings (SSSR count). The standard InChI is InChI=1S/C12H25N3S/c13-11-2-1-3-12(10-11)14-4-5-15-6-8-16-9-7-15/h11-12,14H,1-10,13H2. The van der Waals surface area contributed by atoms with Crippen LogP contribution in [0.3, 0.4) is 0 Å². The lowest BCUT2D eigenvalue weighted by molar-refractivity contribution is 0.278. The monoisotopic (exact) mass is 243 g/mol. The van der Waals surface area contributed by atoms with E-state index < -0.39 is 0 Å². The van der Waals surface area contributed by atoms with Gasteiger partial charge in [0.2, 0.25) is 0 Å². The minimum atomic E-state index is 0.442. The van der Waals surface area contributed by atoms with Gasteiger partial charge in [0.1, 0.15) is 0 Å². The first kappa shape index (κ1) is 12.7. The summed E-state index contributed by atoms with van der Waals surface area (Å²) in [6, 6.07) is 1.13. The van der Waals surface area contributed by atoms with Crippen LogP contribution in [0, 0.1) is 0 Å². The summed E-state index contributed by atoms with van der Waals surface area (Å²) in [4.78, 5) is 2.58. The van der Waals surface area contributed by atoms with Crippen molar-refractivity contribution in [3.05, 3.63) is 0 Å². The molecule has 1 heterocycles. The van der Waals surface area contributed by atoms with E-state index in [9.17, 15) is 0 Å². The van der Waals surface area contributed by atoms with E-state index in [-0.39, 0.29) is 0 Å². The highest BCUT2D eigenvalue weighted by Crippen LogP contribution is 2.16. The van der Waals surface area contributed by atoms with Crippen molar-refractivity contribution >= 4 is 11.8 Å². The summed E-state index contributed by atoms with van der Waals surface area (Å²) in [5.41, 5.74) is 5.99. The average Bonchev–Trinajstić information content (AvgIpc) is 2.30. The van der Waals surface area contributed by atoms with Crippen molar-refractivity contribution in [2.45, 2.75) is 37.8 Å². The zero-order valence-corrected chi connectivity index (χ0v) is 11.0. The van der Waals surface area contributed by atoms with Crippen LogP contribution >= 0.6 is 11.8 Å². The number of hydrogen-bond acceptors (Lipinski definition) is 4. The summed E-state index contributed by atoms with van der Waals surface area (Å²) in [5, 5.41) is 3.67. The Hall–Kier alpha value is 0.230. The molecule has 3 nitrogen and oxygen atoms in total. The van der Waals surface area contributed by atoms with Gasteiger partial charge >= 0.3 is 0 Å². The smallest absolute Gasteiger partial charge is 0.0108 e. The van der Waals surface area contributed by atoms with Crippen LogP contribution in [0.1, 0.15) is 25.7 Å². The summed E-state index contributed by atoms with van der Waals surface area (Å²) in [5.74, 6) is 2.63. The highest BCUT2D eigenvalue weighted by Gasteiger charge is 2.18. The quantitative estimate of drug-likeness (QED) is 0.770. The highest BCUT2D eigenvalue weighted by molar-refractivity contribution is 7.99. The first-order valence-corrected chi connectivity index (χ1v) is 7.79. The third-order valence-corrected chi connectivity index (χ3v) is 4.62. The second kappa shape index (κ2) is 6.84. The predicted octanol–water partition coefficient (Wildman–Crippen LogP) is 0.895. The van der Waals surface area contributed by atoms with Crippen LogP contribution in [0.5, 0.6) is 0 Å². The Morgan fingerprint density at radius 2 is 2.06 bits per heavy atom. The van der Waals surface area contributed by atoms with E-state index in [0.29, 0.717) is 12.1 Å². The molecule has 0 aromatic carbocycles. The van der Waals surface area contributed by atoms with Gasteiger partial charge in [0.25, 0.3) is 0 Å². The second-order valence-electron chi connectivity index (χ2n) is 5.03. The lowest BCUT2D eigenvalue weighted by atomic mass is 9.92. The van der Waals surface area contributed by atoms with Crippen LogP contribution in [0.25, 0.3) is 0 Å². The van der Waals surface area contributed by atoms with E-state index in [2.05, 4.69) is 22.0 Å². The molecule has 1 aliphatic heterocycles. The number of thioether (sulfide) groups is 1. The Morgan fingerprint density at radius 1 is 1.25 bits per heavy atom. The molecule has 4 heteroatoms. The van der Waals surface area contributed by atoms with Gasteiger partial charge in [-0.1, -0.05) is 6.42 Å². The topological polar surface area (TPSA) is 41.3 Å². The molecule has 1 aliphatic carbocycles. The van der Waals surface area contributed by atoms with Crippen molar-refractivity contribution in [1.29, 1.82) is 0 Å². The number of hydrogen-bond donors (Lipinski definition) is 2. The van der Waals surface area contributed by atoms with Gasteiger partial charge in [0.15, 0.2) is 0 Å². The molecule has 2 fully saturated rings. The Balaban J connectivity index is 1.56. The van der Waals surface area contributed by atoms with Crippen molar-refractivity contribution in [2.75, 3.05) is 37.7 Å². The van der Waals surface area contributed by atoms with Gasteiger partial charge in [0, 0.05) is 49.8 Å². The van der Waals surface area contributed by atoms with Gasteiger partial charge in [0.05, 0.1) is 0 Å². The van der Waals surface area contributed by atoms with Gasteiger partial charge < -0.3 is 16.0 Å². The Morgan fingerprint density at radius 3 is 2.81 bits per heavy atom. The molecule has 2 aliphatic rings. The lowest BCUT2D eigenvalue weighted by Crippen LogP contribution is -2.43.